The van der Waals surface area contributed by atoms with Crippen molar-refractivity contribution in [1.29, 1.82) is 0 Å². The topological polar surface area (TPSA) is 30.9 Å². The standard InChI is InChI=1S/C27H23NO3S/c1-28-24-12-10-19(29-2)15-22(24)26(23-16-20(30-3)11-13-25(23)28)27(32)31-21-9-8-17-6-4-5-7-18(17)14-21/h4-16,26H,1-3H3. The molecule has 0 bridgehead atoms. The van der Waals surface area contributed by atoms with E-state index < -0.39 is 0 Å². The molecule has 0 N–H and O–H groups in total. The third-order valence-electron chi connectivity index (χ3n) is 5.99. The lowest BCUT2D eigenvalue weighted by Crippen LogP contribution is -2.27. The number of hydrogen-bond donors (Lipinski definition) is 0. The van der Waals surface area contributed by atoms with Crippen molar-refractivity contribution in [2.24, 2.45) is 0 Å². The van der Waals surface area contributed by atoms with Crippen molar-refractivity contribution in [3.8, 4) is 17.2 Å². The van der Waals surface area contributed by atoms with Crippen LogP contribution >= 0.6 is 12.2 Å². The summed E-state index contributed by atoms with van der Waals surface area (Å²) in [5, 5.41) is 2.76. The Balaban J connectivity index is 1.61. The first-order chi connectivity index (χ1) is 15.6. The molecule has 4 aromatic rings. The molecule has 0 unspecified atom stereocenters. The van der Waals surface area contributed by atoms with E-state index >= 15 is 0 Å². The van der Waals surface area contributed by atoms with Crippen LogP contribution in [0.5, 0.6) is 17.2 Å². The molecule has 0 radical (unpaired) electrons. The van der Waals surface area contributed by atoms with Gasteiger partial charge in [-0.1, -0.05) is 30.3 Å². The Kier molecular flexibility index (Phi) is 5.19. The SMILES string of the molecule is COc1ccc2c(c1)C(C(=S)Oc1ccc3ccccc3c1)c1cc(OC)ccc1N2C. The lowest BCUT2D eigenvalue weighted by molar-refractivity contribution is 0.413. The van der Waals surface area contributed by atoms with E-state index in [-0.39, 0.29) is 5.92 Å². The maximum absolute atomic E-state index is 6.29. The lowest BCUT2D eigenvalue weighted by Gasteiger charge is -2.35. The number of thiocarbonyl (C=S) groups is 1. The van der Waals surface area contributed by atoms with Gasteiger partial charge in [-0.15, -0.1) is 0 Å². The number of anilines is 2. The van der Waals surface area contributed by atoms with Crippen molar-refractivity contribution >= 4 is 39.4 Å². The second-order valence-corrected chi connectivity index (χ2v) is 8.17. The summed E-state index contributed by atoms with van der Waals surface area (Å²) >= 11 is 5.91. The van der Waals surface area contributed by atoms with Crippen molar-refractivity contribution in [1.82, 2.24) is 0 Å². The minimum absolute atomic E-state index is 0.247. The van der Waals surface area contributed by atoms with Crippen LogP contribution in [0.4, 0.5) is 11.4 Å². The fraction of sp³-hybridized carbons (Fsp3) is 0.148. The van der Waals surface area contributed by atoms with Crippen LogP contribution in [0.15, 0.2) is 78.9 Å². The fourth-order valence-electron chi connectivity index (χ4n) is 4.35. The highest BCUT2D eigenvalue weighted by Gasteiger charge is 2.33. The predicted molar refractivity (Wildman–Crippen MR) is 133 cm³/mol. The summed E-state index contributed by atoms with van der Waals surface area (Å²) in [6.07, 6.45) is 0. The Labute approximate surface area is 193 Å². The lowest BCUT2D eigenvalue weighted by atomic mass is 9.85. The molecule has 1 aliphatic rings. The maximum atomic E-state index is 6.29. The molecule has 4 aromatic carbocycles. The second kappa shape index (κ2) is 8.17. The average Bonchev–Trinajstić information content (AvgIpc) is 2.83. The van der Waals surface area contributed by atoms with E-state index in [0.717, 1.165) is 50.5 Å². The van der Waals surface area contributed by atoms with Crippen LogP contribution in [0.3, 0.4) is 0 Å². The van der Waals surface area contributed by atoms with E-state index in [1.165, 1.54) is 0 Å². The van der Waals surface area contributed by atoms with Gasteiger partial charge >= 0.3 is 0 Å². The zero-order valence-corrected chi connectivity index (χ0v) is 19.0. The number of fused-ring (bicyclic) bond motifs is 3. The number of methoxy groups -OCH3 is 2. The van der Waals surface area contributed by atoms with E-state index in [0.29, 0.717) is 5.05 Å². The molecule has 0 aliphatic carbocycles. The molecule has 0 atom stereocenters. The first-order valence-corrected chi connectivity index (χ1v) is 10.8. The molecule has 0 saturated heterocycles. The summed E-state index contributed by atoms with van der Waals surface area (Å²) in [5.41, 5.74) is 4.22. The van der Waals surface area contributed by atoms with Crippen molar-refractivity contribution in [3.05, 3.63) is 90.0 Å². The quantitative estimate of drug-likeness (QED) is 0.339. The summed E-state index contributed by atoms with van der Waals surface area (Å²) in [7, 11) is 5.40. The average molecular weight is 442 g/mol. The Morgan fingerprint density at radius 1 is 0.719 bits per heavy atom. The molecule has 0 amide bonds. The van der Waals surface area contributed by atoms with Crippen LogP contribution in [0, 0.1) is 0 Å². The highest BCUT2D eigenvalue weighted by Crippen LogP contribution is 2.47. The van der Waals surface area contributed by atoms with Gasteiger partial charge in [0.05, 0.1) is 20.1 Å². The van der Waals surface area contributed by atoms with Crippen LogP contribution in [0.2, 0.25) is 0 Å². The normalized spacial score (nSPS) is 12.8. The highest BCUT2D eigenvalue weighted by atomic mass is 32.1. The Hall–Kier alpha value is -3.57. The molecule has 4 nitrogen and oxygen atoms in total. The number of benzene rings is 4. The summed E-state index contributed by atoms with van der Waals surface area (Å²) in [4.78, 5) is 2.17. The summed E-state index contributed by atoms with van der Waals surface area (Å²) < 4.78 is 17.3. The molecule has 0 spiro atoms. The van der Waals surface area contributed by atoms with Gasteiger partial charge in [0, 0.05) is 18.4 Å². The molecule has 0 saturated carbocycles. The van der Waals surface area contributed by atoms with Crippen LogP contribution in [0.25, 0.3) is 10.8 Å². The van der Waals surface area contributed by atoms with Crippen LogP contribution in [-0.2, 0) is 0 Å². The molecular formula is C27H23NO3S. The predicted octanol–water partition coefficient (Wildman–Crippen LogP) is 6.48. The smallest absolute Gasteiger partial charge is 0.179 e. The molecule has 160 valence electrons. The number of hydrogen-bond acceptors (Lipinski definition) is 5. The Morgan fingerprint density at radius 2 is 1.28 bits per heavy atom. The summed E-state index contributed by atoms with van der Waals surface area (Å²) in [6.45, 7) is 0. The van der Waals surface area contributed by atoms with E-state index in [1.54, 1.807) is 14.2 Å². The molecule has 1 heterocycles. The molecular weight excluding hydrogens is 418 g/mol. The monoisotopic (exact) mass is 441 g/mol. The van der Waals surface area contributed by atoms with Crippen molar-refractivity contribution in [2.45, 2.75) is 5.92 Å². The van der Waals surface area contributed by atoms with Gasteiger partial charge in [0.15, 0.2) is 5.05 Å². The largest absolute Gasteiger partial charge is 0.497 e. The van der Waals surface area contributed by atoms with Crippen LogP contribution in [-0.4, -0.2) is 26.3 Å². The molecule has 0 aromatic heterocycles. The van der Waals surface area contributed by atoms with Gasteiger partial charge in [0.2, 0.25) is 0 Å². The van der Waals surface area contributed by atoms with Gasteiger partial charge < -0.3 is 19.1 Å². The highest BCUT2D eigenvalue weighted by molar-refractivity contribution is 7.80. The van der Waals surface area contributed by atoms with Gasteiger partial charge in [-0.05, 0) is 82.6 Å². The zero-order chi connectivity index (χ0) is 22.2. The van der Waals surface area contributed by atoms with Gasteiger partial charge in [-0.25, -0.2) is 0 Å². The maximum Gasteiger partial charge on any atom is 0.179 e. The minimum Gasteiger partial charge on any atom is -0.497 e. The summed E-state index contributed by atoms with van der Waals surface area (Å²) in [5.74, 6) is 2.04. The third-order valence-corrected chi connectivity index (χ3v) is 6.31. The molecule has 5 rings (SSSR count). The van der Waals surface area contributed by atoms with Crippen molar-refractivity contribution < 1.29 is 14.2 Å². The van der Waals surface area contributed by atoms with E-state index in [9.17, 15) is 0 Å². The van der Waals surface area contributed by atoms with Crippen molar-refractivity contribution in [2.75, 3.05) is 26.2 Å². The van der Waals surface area contributed by atoms with E-state index in [2.05, 4.69) is 42.3 Å². The molecule has 1 aliphatic heterocycles. The molecule has 32 heavy (non-hydrogen) atoms. The fourth-order valence-corrected chi connectivity index (χ4v) is 4.70. The zero-order valence-electron chi connectivity index (χ0n) is 18.2. The Morgan fingerprint density at radius 3 is 1.88 bits per heavy atom. The van der Waals surface area contributed by atoms with E-state index in [4.69, 9.17) is 26.4 Å². The molecule has 5 heteroatoms. The summed E-state index contributed by atoms with van der Waals surface area (Å²) in [6, 6.07) is 26.4. The van der Waals surface area contributed by atoms with Crippen molar-refractivity contribution in [3.63, 3.8) is 0 Å². The van der Waals surface area contributed by atoms with E-state index in [1.807, 2.05) is 48.5 Å². The van der Waals surface area contributed by atoms with Gasteiger partial charge in [-0.3, -0.25) is 0 Å². The Bertz CT molecular complexity index is 1280. The van der Waals surface area contributed by atoms with Gasteiger partial charge in [0.1, 0.15) is 17.2 Å². The number of rotatable bonds is 4. The van der Waals surface area contributed by atoms with Gasteiger partial charge in [0.25, 0.3) is 0 Å². The first kappa shape index (κ1) is 20.3. The third kappa shape index (κ3) is 3.45. The van der Waals surface area contributed by atoms with Crippen LogP contribution < -0.4 is 19.1 Å². The van der Waals surface area contributed by atoms with Crippen LogP contribution in [0.1, 0.15) is 17.0 Å². The number of nitrogens with zero attached hydrogens (tertiary/aromatic N) is 1. The number of ether oxygens (including phenoxy) is 3. The van der Waals surface area contributed by atoms with Gasteiger partial charge in [-0.2, -0.15) is 0 Å². The first-order valence-electron chi connectivity index (χ1n) is 10.4. The minimum atomic E-state index is -0.247. The molecule has 0 fully saturated rings. The second-order valence-electron chi connectivity index (χ2n) is 7.77.